The molecule has 0 aromatic rings. The Balaban J connectivity index is 2.74. The number of hydrogen-bond donors (Lipinski definition) is 1. The first kappa shape index (κ1) is 20.3. The van der Waals surface area contributed by atoms with E-state index in [9.17, 15) is 14.4 Å². The third-order valence-corrected chi connectivity index (χ3v) is 3.38. The van der Waals surface area contributed by atoms with E-state index in [-0.39, 0.29) is 31.1 Å². The summed E-state index contributed by atoms with van der Waals surface area (Å²) in [6, 6.07) is -0.334. The minimum atomic E-state index is -1.35. The highest BCUT2D eigenvalue weighted by Crippen LogP contribution is 2.44. The maximum Gasteiger partial charge on any atom is 0.407 e. The Morgan fingerprint density at radius 3 is 1.71 bits per heavy atom. The van der Waals surface area contributed by atoms with Crippen LogP contribution in [-0.4, -0.2) is 41.9 Å². The van der Waals surface area contributed by atoms with E-state index in [0.717, 1.165) is 0 Å². The molecule has 0 spiro atoms. The molecule has 0 heterocycles. The summed E-state index contributed by atoms with van der Waals surface area (Å²) in [4.78, 5) is 36.6. The number of carbonyl (C=O) groups excluding carboxylic acids is 3. The van der Waals surface area contributed by atoms with Crippen molar-refractivity contribution in [2.75, 3.05) is 0 Å². The highest BCUT2D eigenvalue weighted by atomic mass is 16.6. The lowest BCUT2D eigenvalue weighted by molar-refractivity contribution is -0.186. The maximum atomic E-state index is 12.4. The molecular weight excluding hydrogens is 314 g/mol. The van der Waals surface area contributed by atoms with Gasteiger partial charge in [-0.1, -0.05) is 0 Å². The molecule has 0 bridgehead atoms. The van der Waals surface area contributed by atoms with Gasteiger partial charge >= 0.3 is 18.0 Å². The molecule has 0 unspecified atom stereocenters. The van der Waals surface area contributed by atoms with Crippen LogP contribution in [0.4, 0.5) is 4.79 Å². The normalized spacial score (nSPS) is 17.2. The Kier molecular flexibility index (Phi) is 6.25. The first-order chi connectivity index (χ1) is 10.9. The zero-order valence-corrected chi connectivity index (χ0v) is 15.6. The van der Waals surface area contributed by atoms with Crippen molar-refractivity contribution in [1.29, 1.82) is 0 Å². The van der Waals surface area contributed by atoms with Crippen LogP contribution in [0, 0.1) is 5.41 Å². The molecule has 1 fully saturated rings. The number of rotatable bonds is 5. The Morgan fingerprint density at radius 1 is 0.958 bits per heavy atom. The maximum absolute atomic E-state index is 12.4. The lowest BCUT2D eigenvalue weighted by atomic mass is 9.65. The van der Waals surface area contributed by atoms with E-state index in [4.69, 9.17) is 14.2 Å². The van der Waals surface area contributed by atoms with Crippen LogP contribution in [0.15, 0.2) is 0 Å². The van der Waals surface area contributed by atoms with Gasteiger partial charge in [-0.2, -0.15) is 0 Å². The second-order valence-corrected chi connectivity index (χ2v) is 7.74. The van der Waals surface area contributed by atoms with Gasteiger partial charge in [-0.15, -0.1) is 0 Å². The average Bonchev–Trinajstić information content (AvgIpc) is 2.28. The van der Waals surface area contributed by atoms with Crippen LogP contribution >= 0.6 is 0 Å². The second kappa shape index (κ2) is 7.40. The van der Waals surface area contributed by atoms with Crippen LogP contribution in [-0.2, 0) is 23.8 Å². The van der Waals surface area contributed by atoms with E-state index in [1.165, 1.54) is 0 Å². The number of nitrogens with one attached hydrogen (secondary N) is 1. The van der Waals surface area contributed by atoms with Crippen molar-refractivity contribution in [3.63, 3.8) is 0 Å². The summed E-state index contributed by atoms with van der Waals surface area (Å²) in [5, 5.41) is 2.67. The van der Waals surface area contributed by atoms with Gasteiger partial charge in [0.05, 0.1) is 12.2 Å². The molecule has 0 saturated heterocycles. The predicted molar refractivity (Wildman–Crippen MR) is 87.3 cm³/mol. The van der Waals surface area contributed by atoms with Gasteiger partial charge in [0.15, 0.2) is 5.41 Å². The van der Waals surface area contributed by atoms with Crippen LogP contribution in [0.5, 0.6) is 0 Å². The Hall–Kier alpha value is -1.79. The molecule has 1 rings (SSSR count). The highest BCUT2D eigenvalue weighted by molar-refractivity contribution is 6.01. The van der Waals surface area contributed by atoms with Gasteiger partial charge in [0.2, 0.25) is 0 Å². The number of amides is 1. The average molecular weight is 343 g/mol. The molecule has 138 valence electrons. The molecule has 1 N–H and O–H groups in total. The molecule has 7 heteroatoms. The molecule has 1 saturated carbocycles. The standard InChI is InChI=1S/C17H29NO6/c1-10(2)22-13(19)17(14(20)23-11(3)4)8-12(9-17)18-15(21)24-16(5,6)7/h10-12H,8-9H2,1-7H3,(H,18,21). The topological polar surface area (TPSA) is 90.9 Å². The molecule has 0 aromatic carbocycles. The van der Waals surface area contributed by atoms with Crippen molar-refractivity contribution in [3.8, 4) is 0 Å². The first-order valence-electron chi connectivity index (χ1n) is 8.27. The highest BCUT2D eigenvalue weighted by Gasteiger charge is 2.59. The van der Waals surface area contributed by atoms with Crippen LogP contribution in [0.1, 0.15) is 61.3 Å². The van der Waals surface area contributed by atoms with Crippen LogP contribution in [0.3, 0.4) is 0 Å². The van der Waals surface area contributed by atoms with Crippen molar-refractivity contribution in [2.45, 2.75) is 85.2 Å². The molecule has 7 nitrogen and oxygen atoms in total. The lowest BCUT2D eigenvalue weighted by Gasteiger charge is -2.43. The first-order valence-corrected chi connectivity index (χ1v) is 8.27. The van der Waals surface area contributed by atoms with E-state index in [1.807, 2.05) is 0 Å². The lowest BCUT2D eigenvalue weighted by Crippen LogP contribution is -2.60. The SMILES string of the molecule is CC(C)OC(=O)C1(C(=O)OC(C)C)CC(NC(=O)OC(C)(C)C)C1. The van der Waals surface area contributed by atoms with E-state index >= 15 is 0 Å². The van der Waals surface area contributed by atoms with Crippen molar-refractivity contribution in [3.05, 3.63) is 0 Å². The Bertz CT molecular complexity index is 462. The van der Waals surface area contributed by atoms with Gasteiger partial charge in [0.25, 0.3) is 0 Å². The third-order valence-electron chi connectivity index (χ3n) is 3.38. The molecule has 24 heavy (non-hydrogen) atoms. The van der Waals surface area contributed by atoms with Gasteiger partial charge in [-0.25, -0.2) is 4.79 Å². The summed E-state index contributed by atoms with van der Waals surface area (Å²) in [6.07, 6.45) is -0.957. The number of alkyl carbamates (subject to hydrolysis) is 1. The van der Waals surface area contributed by atoms with E-state index in [2.05, 4.69) is 5.32 Å². The molecule has 0 aliphatic heterocycles. The molecule has 0 aromatic heterocycles. The zero-order chi connectivity index (χ0) is 18.7. The predicted octanol–water partition coefficient (Wildman–Crippen LogP) is 2.56. The summed E-state index contributed by atoms with van der Waals surface area (Å²) in [5.74, 6) is -1.21. The summed E-state index contributed by atoms with van der Waals surface area (Å²) >= 11 is 0. The van der Waals surface area contributed by atoms with Crippen molar-refractivity contribution >= 4 is 18.0 Å². The number of hydrogen-bond acceptors (Lipinski definition) is 6. The number of esters is 2. The van der Waals surface area contributed by atoms with Crippen molar-refractivity contribution < 1.29 is 28.6 Å². The summed E-state index contributed by atoms with van der Waals surface area (Å²) in [5.41, 5.74) is -1.97. The monoisotopic (exact) mass is 343 g/mol. The third kappa shape index (κ3) is 5.39. The summed E-state index contributed by atoms with van der Waals surface area (Å²) in [7, 11) is 0. The minimum absolute atomic E-state index is 0.142. The fourth-order valence-electron chi connectivity index (χ4n) is 2.43. The van der Waals surface area contributed by atoms with Gasteiger partial charge in [-0.3, -0.25) is 9.59 Å². The Morgan fingerprint density at radius 2 is 1.38 bits per heavy atom. The van der Waals surface area contributed by atoms with Crippen LogP contribution in [0.2, 0.25) is 0 Å². The molecular formula is C17H29NO6. The smallest absolute Gasteiger partial charge is 0.407 e. The molecule has 1 aliphatic carbocycles. The van der Waals surface area contributed by atoms with Crippen molar-refractivity contribution in [1.82, 2.24) is 5.32 Å². The fourth-order valence-corrected chi connectivity index (χ4v) is 2.43. The Labute approximate surface area is 143 Å². The number of carbonyl (C=O) groups is 3. The van der Waals surface area contributed by atoms with Gasteiger partial charge in [0.1, 0.15) is 5.60 Å². The summed E-state index contributed by atoms with van der Waals surface area (Å²) < 4.78 is 15.6. The molecule has 0 radical (unpaired) electrons. The van der Waals surface area contributed by atoms with E-state index < -0.39 is 29.0 Å². The quantitative estimate of drug-likeness (QED) is 0.469. The van der Waals surface area contributed by atoms with E-state index in [1.54, 1.807) is 48.5 Å². The van der Waals surface area contributed by atoms with Gasteiger partial charge in [0, 0.05) is 6.04 Å². The van der Waals surface area contributed by atoms with Crippen molar-refractivity contribution in [2.24, 2.45) is 5.41 Å². The number of ether oxygens (including phenoxy) is 3. The molecule has 1 aliphatic rings. The van der Waals surface area contributed by atoms with Gasteiger partial charge < -0.3 is 19.5 Å². The second-order valence-electron chi connectivity index (χ2n) is 7.74. The fraction of sp³-hybridized carbons (Fsp3) is 0.824. The molecule has 0 atom stereocenters. The van der Waals surface area contributed by atoms with Crippen LogP contribution in [0.25, 0.3) is 0 Å². The van der Waals surface area contributed by atoms with Crippen LogP contribution < -0.4 is 5.32 Å². The summed E-state index contributed by atoms with van der Waals surface area (Å²) in [6.45, 7) is 12.2. The largest absolute Gasteiger partial charge is 0.462 e. The van der Waals surface area contributed by atoms with E-state index in [0.29, 0.717) is 0 Å². The van der Waals surface area contributed by atoms with Gasteiger partial charge in [-0.05, 0) is 61.3 Å². The minimum Gasteiger partial charge on any atom is -0.462 e. The zero-order valence-electron chi connectivity index (χ0n) is 15.6. The molecule has 1 amide bonds.